The summed E-state index contributed by atoms with van der Waals surface area (Å²) in [5.74, 6) is -3.09. The Morgan fingerprint density at radius 2 is 1.22 bits per heavy atom. The molecule has 1 fully saturated rings. The molecule has 11 heteroatoms. The van der Waals surface area contributed by atoms with Crippen molar-refractivity contribution in [2.75, 3.05) is 6.61 Å². The van der Waals surface area contributed by atoms with E-state index in [0.717, 1.165) is 20.8 Å². The van der Waals surface area contributed by atoms with Crippen molar-refractivity contribution in [3.63, 3.8) is 0 Å². The number of ether oxygens (including phenoxy) is 6. The number of nitrogens with one attached hydrogen (secondary N) is 1. The fraction of sp³-hybridized carbons (Fsp3) is 0.688. The Kier molecular flexibility index (Phi) is 8.16. The van der Waals surface area contributed by atoms with E-state index in [2.05, 4.69) is 0 Å². The van der Waals surface area contributed by atoms with E-state index >= 15 is 0 Å². The minimum Gasteiger partial charge on any atom is -0.463 e. The van der Waals surface area contributed by atoms with E-state index in [1.807, 2.05) is 0 Å². The van der Waals surface area contributed by atoms with Crippen LogP contribution in [0.3, 0.4) is 0 Å². The Labute approximate surface area is 155 Å². The van der Waals surface area contributed by atoms with Crippen LogP contribution < -0.4 is 0 Å². The van der Waals surface area contributed by atoms with Crippen LogP contribution in [0.2, 0.25) is 0 Å². The van der Waals surface area contributed by atoms with Crippen LogP contribution in [0.5, 0.6) is 0 Å². The van der Waals surface area contributed by atoms with Gasteiger partial charge in [-0.25, -0.2) is 0 Å². The van der Waals surface area contributed by atoms with Crippen molar-refractivity contribution in [2.45, 2.75) is 65.3 Å². The SMILES string of the molecule is CC(=N)OC1O[C@H](COC(C)=O)[C@@H](OC(C)=O)[C@H](OC(C)=O)[C@H]1OC(C)=O. The standard InChI is InChI=1S/C16H23NO10/c1-7(17)23-16-15(26-11(5)21)14(25-10(4)20)13(24-9(3)19)12(27-16)6-22-8(2)18/h12-17H,6H2,1-5H3/t12-,13-,14+,15-,16?/m1/s1. The second-order valence-electron chi connectivity index (χ2n) is 5.74. The van der Waals surface area contributed by atoms with Gasteiger partial charge in [0, 0.05) is 34.6 Å². The van der Waals surface area contributed by atoms with Crippen molar-refractivity contribution in [1.82, 2.24) is 0 Å². The molecule has 1 heterocycles. The first kappa shape index (κ1) is 22.4. The highest BCUT2D eigenvalue weighted by Gasteiger charge is 2.53. The molecule has 27 heavy (non-hydrogen) atoms. The molecule has 0 radical (unpaired) electrons. The van der Waals surface area contributed by atoms with Crippen LogP contribution in [0.4, 0.5) is 0 Å². The number of hydrogen-bond donors (Lipinski definition) is 1. The van der Waals surface area contributed by atoms with E-state index in [1.165, 1.54) is 13.8 Å². The molecule has 0 aliphatic carbocycles. The van der Waals surface area contributed by atoms with Crippen molar-refractivity contribution in [2.24, 2.45) is 0 Å². The first-order chi connectivity index (χ1) is 12.5. The Hall–Kier alpha value is -2.69. The van der Waals surface area contributed by atoms with Gasteiger partial charge in [0.25, 0.3) is 0 Å². The molecule has 152 valence electrons. The van der Waals surface area contributed by atoms with Gasteiger partial charge in [0.1, 0.15) is 12.7 Å². The fourth-order valence-corrected chi connectivity index (χ4v) is 2.46. The highest BCUT2D eigenvalue weighted by molar-refractivity contribution is 5.70. The summed E-state index contributed by atoms with van der Waals surface area (Å²) in [6, 6.07) is 0. The zero-order valence-corrected chi connectivity index (χ0v) is 15.7. The van der Waals surface area contributed by atoms with E-state index in [9.17, 15) is 19.2 Å². The van der Waals surface area contributed by atoms with Crippen LogP contribution in [0.25, 0.3) is 0 Å². The lowest BCUT2D eigenvalue weighted by molar-refractivity contribution is -0.291. The molecule has 5 atom stereocenters. The largest absolute Gasteiger partial charge is 0.463 e. The predicted octanol–water partition coefficient (Wildman–Crippen LogP) is 0.0833. The summed E-state index contributed by atoms with van der Waals surface area (Å²) < 4.78 is 31.2. The molecule has 1 aliphatic rings. The van der Waals surface area contributed by atoms with Crippen molar-refractivity contribution in [3.05, 3.63) is 0 Å². The molecule has 0 aromatic rings. The van der Waals surface area contributed by atoms with Crippen molar-refractivity contribution in [3.8, 4) is 0 Å². The fourth-order valence-electron chi connectivity index (χ4n) is 2.46. The number of carbonyl (C=O) groups is 4. The average Bonchev–Trinajstić information content (AvgIpc) is 2.49. The van der Waals surface area contributed by atoms with Crippen LogP contribution in [0, 0.1) is 5.41 Å². The van der Waals surface area contributed by atoms with Crippen LogP contribution in [0.1, 0.15) is 34.6 Å². The first-order valence-electron chi connectivity index (χ1n) is 8.03. The monoisotopic (exact) mass is 389 g/mol. The molecule has 0 spiro atoms. The number of rotatable bonds is 6. The predicted molar refractivity (Wildman–Crippen MR) is 86.4 cm³/mol. The van der Waals surface area contributed by atoms with Gasteiger partial charge >= 0.3 is 23.9 Å². The molecule has 0 amide bonds. The van der Waals surface area contributed by atoms with Gasteiger partial charge in [-0.15, -0.1) is 0 Å². The Balaban J connectivity index is 3.29. The number of carbonyl (C=O) groups excluding carboxylic acids is 4. The molecular weight excluding hydrogens is 366 g/mol. The minimum atomic E-state index is -1.36. The van der Waals surface area contributed by atoms with Gasteiger partial charge in [-0.3, -0.25) is 24.6 Å². The van der Waals surface area contributed by atoms with E-state index in [1.54, 1.807) is 0 Å². The van der Waals surface area contributed by atoms with E-state index in [0.29, 0.717) is 0 Å². The van der Waals surface area contributed by atoms with Gasteiger partial charge in [0.15, 0.2) is 18.1 Å². The minimum absolute atomic E-state index is 0.268. The van der Waals surface area contributed by atoms with Gasteiger partial charge in [-0.05, 0) is 0 Å². The maximum Gasteiger partial charge on any atom is 0.303 e. The zero-order valence-electron chi connectivity index (χ0n) is 15.7. The molecule has 1 saturated heterocycles. The molecular formula is C16H23NO10. The third-order valence-electron chi connectivity index (χ3n) is 3.24. The van der Waals surface area contributed by atoms with Gasteiger partial charge in [0.05, 0.1) is 0 Å². The van der Waals surface area contributed by atoms with Crippen LogP contribution >= 0.6 is 0 Å². The second kappa shape index (κ2) is 9.86. The van der Waals surface area contributed by atoms with Crippen LogP contribution in [0.15, 0.2) is 0 Å². The summed E-state index contributed by atoms with van der Waals surface area (Å²) in [6.45, 7) is 5.49. The summed E-state index contributed by atoms with van der Waals surface area (Å²) in [7, 11) is 0. The van der Waals surface area contributed by atoms with Crippen molar-refractivity contribution in [1.29, 1.82) is 5.41 Å². The van der Waals surface area contributed by atoms with Crippen molar-refractivity contribution >= 4 is 29.8 Å². The Morgan fingerprint density at radius 1 is 0.741 bits per heavy atom. The molecule has 11 nitrogen and oxygen atoms in total. The van der Waals surface area contributed by atoms with Crippen LogP contribution in [-0.4, -0.2) is 67.1 Å². The molecule has 0 aromatic heterocycles. The van der Waals surface area contributed by atoms with E-state index in [4.69, 9.17) is 33.8 Å². The molecule has 0 aromatic carbocycles. The molecule has 1 N–H and O–H groups in total. The third-order valence-corrected chi connectivity index (χ3v) is 3.24. The summed E-state index contributed by atoms with van der Waals surface area (Å²) in [5.41, 5.74) is 0. The lowest BCUT2D eigenvalue weighted by Gasteiger charge is -2.43. The maximum absolute atomic E-state index is 11.6. The molecule has 0 saturated carbocycles. The van der Waals surface area contributed by atoms with E-state index in [-0.39, 0.29) is 12.5 Å². The number of hydrogen-bond acceptors (Lipinski definition) is 11. The van der Waals surface area contributed by atoms with Crippen LogP contribution in [-0.2, 0) is 47.6 Å². The Bertz CT molecular complexity index is 604. The summed E-state index contributed by atoms with van der Waals surface area (Å²) >= 11 is 0. The third kappa shape index (κ3) is 7.21. The first-order valence-corrected chi connectivity index (χ1v) is 8.03. The van der Waals surface area contributed by atoms with Crippen molar-refractivity contribution < 1.29 is 47.6 Å². The van der Waals surface area contributed by atoms with Gasteiger partial charge in [-0.2, -0.15) is 0 Å². The molecule has 1 rings (SSSR count). The lowest BCUT2D eigenvalue weighted by Crippen LogP contribution is -2.63. The summed E-state index contributed by atoms with van der Waals surface area (Å²) in [6.07, 6.45) is -6.35. The number of esters is 4. The second-order valence-corrected chi connectivity index (χ2v) is 5.74. The Morgan fingerprint density at radius 3 is 1.67 bits per heavy atom. The topological polar surface area (TPSA) is 148 Å². The lowest BCUT2D eigenvalue weighted by atomic mass is 9.98. The van der Waals surface area contributed by atoms with E-state index < -0.39 is 54.6 Å². The zero-order chi connectivity index (χ0) is 20.7. The molecule has 1 unspecified atom stereocenters. The van der Waals surface area contributed by atoms with Gasteiger partial charge in [0.2, 0.25) is 12.4 Å². The van der Waals surface area contributed by atoms with Gasteiger partial charge in [-0.1, -0.05) is 0 Å². The maximum atomic E-state index is 11.6. The highest BCUT2D eigenvalue weighted by Crippen LogP contribution is 2.30. The smallest absolute Gasteiger partial charge is 0.303 e. The molecule has 0 bridgehead atoms. The summed E-state index contributed by atoms with van der Waals surface area (Å²) in [5, 5.41) is 7.49. The normalized spacial score (nSPS) is 27.1. The van der Waals surface area contributed by atoms with Gasteiger partial charge < -0.3 is 28.4 Å². The average molecular weight is 389 g/mol. The highest BCUT2D eigenvalue weighted by atomic mass is 16.7. The summed E-state index contributed by atoms with van der Waals surface area (Å²) in [4.78, 5) is 45.7. The molecule has 1 aliphatic heterocycles. The quantitative estimate of drug-likeness (QED) is 0.287.